The Bertz CT molecular complexity index is 2840. The standard InChI is InChI=1S/C47H30N4/c1-4-15-31(16-5-1)34-27-28-40-42(30-34)51-41-26-13-12-24-38(41)37-23-10-11-25-39(37)44(51)43(40)35-21-14-22-36(29-35)47-49-45(32-17-6-2-7-18-32)48-46(50-47)33-19-8-3-9-20-33/h1-30H. The van der Waals surface area contributed by atoms with Crippen LogP contribution in [0.2, 0.25) is 0 Å². The molecule has 51 heavy (non-hydrogen) atoms. The van der Waals surface area contributed by atoms with E-state index in [0.29, 0.717) is 17.5 Å². The van der Waals surface area contributed by atoms with Crippen molar-refractivity contribution in [1.82, 2.24) is 19.4 Å². The van der Waals surface area contributed by atoms with E-state index in [9.17, 15) is 0 Å². The van der Waals surface area contributed by atoms with E-state index in [1.54, 1.807) is 0 Å². The van der Waals surface area contributed by atoms with Crippen LogP contribution < -0.4 is 0 Å². The number of benzene rings is 7. The molecule has 0 aliphatic rings. The summed E-state index contributed by atoms with van der Waals surface area (Å²) in [6.45, 7) is 0. The zero-order chi connectivity index (χ0) is 33.7. The summed E-state index contributed by atoms with van der Waals surface area (Å²) in [6.07, 6.45) is 0. The molecule has 10 aromatic rings. The highest BCUT2D eigenvalue weighted by atomic mass is 15.0. The van der Waals surface area contributed by atoms with Crippen LogP contribution in [0, 0.1) is 0 Å². The second kappa shape index (κ2) is 11.9. The highest BCUT2D eigenvalue weighted by Gasteiger charge is 2.21. The largest absolute Gasteiger partial charge is 0.308 e. The molecule has 10 rings (SSSR count). The Morgan fingerprint density at radius 3 is 1.47 bits per heavy atom. The van der Waals surface area contributed by atoms with Gasteiger partial charge in [-0.2, -0.15) is 0 Å². The quantitative estimate of drug-likeness (QED) is 0.174. The average Bonchev–Trinajstić information content (AvgIpc) is 3.57. The van der Waals surface area contributed by atoms with Gasteiger partial charge in [-0.3, -0.25) is 0 Å². The van der Waals surface area contributed by atoms with E-state index >= 15 is 0 Å². The Morgan fingerprint density at radius 1 is 0.294 bits per heavy atom. The van der Waals surface area contributed by atoms with Gasteiger partial charge >= 0.3 is 0 Å². The molecule has 4 nitrogen and oxygen atoms in total. The van der Waals surface area contributed by atoms with Crippen molar-refractivity contribution in [3.63, 3.8) is 0 Å². The van der Waals surface area contributed by atoms with Gasteiger partial charge in [0.1, 0.15) is 0 Å². The highest BCUT2D eigenvalue weighted by Crippen LogP contribution is 2.44. The molecule has 0 bridgehead atoms. The van der Waals surface area contributed by atoms with Crippen LogP contribution in [0.1, 0.15) is 0 Å². The molecule has 0 aliphatic carbocycles. The topological polar surface area (TPSA) is 43.1 Å². The monoisotopic (exact) mass is 650 g/mol. The van der Waals surface area contributed by atoms with Crippen molar-refractivity contribution < 1.29 is 0 Å². The molecule has 238 valence electrons. The Hall–Kier alpha value is -6.91. The first-order valence-corrected chi connectivity index (χ1v) is 17.2. The minimum absolute atomic E-state index is 0.638. The lowest BCUT2D eigenvalue weighted by molar-refractivity contribution is 1.07. The van der Waals surface area contributed by atoms with Gasteiger partial charge in [0, 0.05) is 38.4 Å². The van der Waals surface area contributed by atoms with Gasteiger partial charge in [-0.05, 0) is 40.3 Å². The van der Waals surface area contributed by atoms with E-state index in [2.05, 4.69) is 126 Å². The van der Waals surface area contributed by atoms with Crippen LogP contribution in [0.3, 0.4) is 0 Å². The van der Waals surface area contributed by atoms with Gasteiger partial charge in [0.25, 0.3) is 0 Å². The van der Waals surface area contributed by atoms with Crippen molar-refractivity contribution in [2.45, 2.75) is 0 Å². The minimum atomic E-state index is 0.638. The van der Waals surface area contributed by atoms with Crippen LogP contribution in [0.25, 0.3) is 94.5 Å². The first-order valence-electron chi connectivity index (χ1n) is 17.2. The second-order valence-corrected chi connectivity index (χ2v) is 12.8. The second-order valence-electron chi connectivity index (χ2n) is 12.8. The molecular weight excluding hydrogens is 621 g/mol. The van der Waals surface area contributed by atoms with Crippen molar-refractivity contribution in [2.75, 3.05) is 0 Å². The van der Waals surface area contributed by atoms with Gasteiger partial charge < -0.3 is 4.40 Å². The van der Waals surface area contributed by atoms with Crippen molar-refractivity contribution in [2.24, 2.45) is 0 Å². The molecule has 0 saturated carbocycles. The van der Waals surface area contributed by atoms with Crippen LogP contribution in [0.15, 0.2) is 182 Å². The minimum Gasteiger partial charge on any atom is -0.308 e. The lowest BCUT2D eigenvalue weighted by atomic mass is 9.96. The lowest BCUT2D eigenvalue weighted by Crippen LogP contribution is -2.00. The summed E-state index contributed by atoms with van der Waals surface area (Å²) in [7, 11) is 0. The Kier molecular flexibility index (Phi) is 6.78. The number of para-hydroxylation sites is 1. The Morgan fingerprint density at radius 2 is 0.804 bits per heavy atom. The van der Waals surface area contributed by atoms with Gasteiger partial charge in [-0.25, -0.2) is 15.0 Å². The molecule has 0 atom stereocenters. The zero-order valence-electron chi connectivity index (χ0n) is 27.6. The van der Waals surface area contributed by atoms with Gasteiger partial charge in [-0.1, -0.05) is 164 Å². The summed E-state index contributed by atoms with van der Waals surface area (Å²) in [5.41, 5.74) is 11.1. The fraction of sp³-hybridized carbons (Fsp3) is 0. The third-order valence-corrected chi connectivity index (χ3v) is 9.80. The summed E-state index contributed by atoms with van der Waals surface area (Å²) < 4.78 is 2.46. The Labute approximate surface area is 295 Å². The smallest absolute Gasteiger partial charge is 0.164 e. The summed E-state index contributed by atoms with van der Waals surface area (Å²) in [4.78, 5) is 15.0. The molecule has 7 aromatic carbocycles. The molecule has 0 unspecified atom stereocenters. The van der Waals surface area contributed by atoms with Crippen LogP contribution in [0.4, 0.5) is 0 Å². The molecule has 0 amide bonds. The zero-order valence-corrected chi connectivity index (χ0v) is 27.6. The summed E-state index contributed by atoms with van der Waals surface area (Å²) in [5, 5.41) is 4.88. The molecule has 0 aliphatic heterocycles. The predicted molar refractivity (Wildman–Crippen MR) is 210 cm³/mol. The fourth-order valence-electron chi connectivity index (χ4n) is 7.47. The molecule has 3 aromatic heterocycles. The maximum absolute atomic E-state index is 5.06. The van der Waals surface area contributed by atoms with Crippen molar-refractivity contribution >= 4 is 38.1 Å². The SMILES string of the molecule is c1ccc(-c2ccc3c(-c4cccc(-c5nc(-c6ccccc6)nc(-c6ccccc6)n5)c4)c4c5ccccc5c5ccccc5n4c3c2)cc1. The van der Waals surface area contributed by atoms with Gasteiger partial charge in [0.15, 0.2) is 17.5 Å². The molecule has 0 fully saturated rings. The van der Waals surface area contributed by atoms with Crippen LogP contribution >= 0.6 is 0 Å². The van der Waals surface area contributed by atoms with Crippen LogP contribution in [-0.4, -0.2) is 19.4 Å². The predicted octanol–water partition coefficient (Wildman–Crippen LogP) is 11.9. The van der Waals surface area contributed by atoms with Crippen molar-refractivity contribution in [3.05, 3.63) is 182 Å². The normalized spacial score (nSPS) is 11.5. The van der Waals surface area contributed by atoms with Crippen LogP contribution in [0.5, 0.6) is 0 Å². The third-order valence-electron chi connectivity index (χ3n) is 9.80. The van der Waals surface area contributed by atoms with E-state index in [4.69, 9.17) is 15.0 Å². The maximum Gasteiger partial charge on any atom is 0.164 e. The van der Waals surface area contributed by atoms with E-state index in [0.717, 1.165) is 22.3 Å². The maximum atomic E-state index is 5.06. The van der Waals surface area contributed by atoms with Crippen molar-refractivity contribution in [3.8, 4) is 56.4 Å². The molecule has 0 radical (unpaired) electrons. The average molecular weight is 651 g/mol. The molecule has 4 heteroatoms. The molecular formula is C47H30N4. The first kappa shape index (κ1) is 29.0. The number of nitrogens with zero attached hydrogens (tertiary/aromatic N) is 4. The summed E-state index contributed by atoms with van der Waals surface area (Å²) in [6, 6.07) is 64.0. The van der Waals surface area contributed by atoms with E-state index in [1.165, 1.54) is 54.8 Å². The summed E-state index contributed by atoms with van der Waals surface area (Å²) >= 11 is 0. The number of fused-ring (bicyclic) bond motifs is 8. The highest BCUT2D eigenvalue weighted by molar-refractivity contribution is 6.22. The van der Waals surface area contributed by atoms with E-state index in [-0.39, 0.29) is 0 Å². The fourth-order valence-corrected chi connectivity index (χ4v) is 7.47. The van der Waals surface area contributed by atoms with Gasteiger partial charge in [0.05, 0.1) is 16.6 Å². The molecule has 0 saturated heterocycles. The van der Waals surface area contributed by atoms with Gasteiger partial charge in [0.2, 0.25) is 0 Å². The molecule has 0 spiro atoms. The van der Waals surface area contributed by atoms with Gasteiger partial charge in [-0.15, -0.1) is 0 Å². The number of aromatic nitrogens is 4. The number of rotatable bonds is 5. The van der Waals surface area contributed by atoms with E-state index in [1.807, 2.05) is 60.7 Å². The molecule has 0 N–H and O–H groups in total. The summed E-state index contributed by atoms with van der Waals surface area (Å²) in [5.74, 6) is 1.94. The molecule has 3 heterocycles. The Balaban J connectivity index is 1.26. The number of pyridine rings is 1. The number of hydrogen-bond donors (Lipinski definition) is 0. The first-order chi connectivity index (χ1) is 25.3. The third kappa shape index (κ3) is 4.88. The van der Waals surface area contributed by atoms with E-state index < -0.39 is 0 Å². The van der Waals surface area contributed by atoms with Crippen molar-refractivity contribution in [1.29, 1.82) is 0 Å². The van der Waals surface area contributed by atoms with Crippen LogP contribution in [-0.2, 0) is 0 Å². The number of hydrogen-bond acceptors (Lipinski definition) is 3. The lowest BCUT2D eigenvalue weighted by Gasteiger charge is -2.12.